The van der Waals surface area contributed by atoms with Crippen molar-refractivity contribution in [3.63, 3.8) is 0 Å². The van der Waals surface area contributed by atoms with Gasteiger partial charge in [0.2, 0.25) is 5.91 Å². The summed E-state index contributed by atoms with van der Waals surface area (Å²) < 4.78 is 0. The maximum absolute atomic E-state index is 12.9. The van der Waals surface area contributed by atoms with Crippen molar-refractivity contribution >= 4 is 28.4 Å². The number of piperidine rings is 1. The van der Waals surface area contributed by atoms with E-state index in [4.69, 9.17) is 0 Å². The lowest BCUT2D eigenvalue weighted by Crippen LogP contribution is -2.41. The number of carbonyl (C=O) groups is 2. The molecule has 1 saturated heterocycles. The fourth-order valence-corrected chi connectivity index (χ4v) is 3.91. The molecule has 2 heterocycles. The highest BCUT2D eigenvalue weighted by Crippen LogP contribution is 2.23. The molecule has 0 unspecified atom stereocenters. The molecular weight excluding hydrogens is 352 g/mol. The van der Waals surface area contributed by atoms with E-state index in [9.17, 15) is 9.59 Å². The van der Waals surface area contributed by atoms with Gasteiger partial charge in [-0.1, -0.05) is 24.3 Å². The molecule has 1 fully saturated rings. The van der Waals surface area contributed by atoms with Gasteiger partial charge in [0.25, 0.3) is 5.91 Å². The van der Waals surface area contributed by atoms with Crippen molar-refractivity contribution in [1.82, 2.24) is 15.1 Å². The molecule has 0 aliphatic carbocycles. The molecule has 0 atom stereocenters. The third kappa shape index (κ3) is 3.63. The number of hydrogen-bond acceptors (Lipinski definition) is 3. The minimum atomic E-state index is -0.0826. The Morgan fingerprint density at radius 1 is 1.07 bits per heavy atom. The first-order valence-corrected chi connectivity index (χ1v) is 9.63. The lowest BCUT2D eigenvalue weighted by Gasteiger charge is -2.31. The lowest BCUT2D eigenvalue weighted by molar-refractivity contribution is -0.121. The summed E-state index contributed by atoms with van der Waals surface area (Å²) in [6.07, 6.45) is 1.31. The number of likely N-dealkylation sites (tertiary alicyclic amines) is 1. The van der Waals surface area contributed by atoms with Crippen LogP contribution in [0, 0.1) is 19.8 Å². The maximum atomic E-state index is 12.9. The zero-order valence-electron chi connectivity index (χ0n) is 16.2. The lowest BCUT2D eigenvalue weighted by atomic mass is 9.95. The second-order valence-electron chi connectivity index (χ2n) is 7.55. The van der Waals surface area contributed by atoms with Gasteiger partial charge in [0.15, 0.2) is 5.69 Å². The van der Waals surface area contributed by atoms with Gasteiger partial charge in [-0.15, -0.1) is 0 Å². The van der Waals surface area contributed by atoms with Crippen LogP contribution in [0.4, 0.5) is 5.69 Å². The fourth-order valence-electron chi connectivity index (χ4n) is 3.91. The van der Waals surface area contributed by atoms with Crippen LogP contribution < -0.4 is 5.32 Å². The van der Waals surface area contributed by atoms with Gasteiger partial charge in [-0.05, 0) is 56.0 Å². The summed E-state index contributed by atoms with van der Waals surface area (Å²) in [6.45, 7) is 5.16. The number of nitrogens with zero attached hydrogens (tertiary/aromatic N) is 2. The zero-order valence-corrected chi connectivity index (χ0v) is 16.2. The predicted octanol–water partition coefficient (Wildman–Crippen LogP) is 3.67. The molecule has 2 aromatic carbocycles. The minimum Gasteiger partial charge on any atom is -0.337 e. The molecule has 2 N–H and O–H groups in total. The monoisotopic (exact) mass is 376 g/mol. The van der Waals surface area contributed by atoms with Crippen LogP contribution in [0.15, 0.2) is 42.5 Å². The summed E-state index contributed by atoms with van der Waals surface area (Å²) in [5, 5.41) is 11.0. The summed E-state index contributed by atoms with van der Waals surface area (Å²) in [7, 11) is 0. The number of nitrogens with one attached hydrogen (secondary N) is 2. The van der Waals surface area contributed by atoms with Gasteiger partial charge in [-0.2, -0.15) is 5.10 Å². The van der Waals surface area contributed by atoms with E-state index in [1.807, 2.05) is 50.2 Å². The molecule has 0 saturated carbocycles. The highest BCUT2D eigenvalue weighted by molar-refractivity contribution is 6.04. The average molecular weight is 376 g/mol. The number of aryl methyl sites for hydroxylation is 2. The molecule has 2 amide bonds. The van der Waals surface area contributed by atoms with Gasteiger partial charge >= 0.3 is 0 Å². The van der Waals surface area contributed by atoms with Crippen LogP contribution in [-0.4, -0.2) is 40.0 Å². The number of benzene rings is 2. The van der Waals surface area contributed by atoms with Crippen molar-refractivity contribution in [2.24, 2.45) is 5.92 Å². The molecule has 1 aliphatic rings. The topological polar surface area (TPSA) is 78.1 Å². The molecule has 0 bridgehead atoms. The van der Waals surface area contributed by atoms with Crippen molar-refractivity contribution in [1.29, 1.82) is 0 Å². The largest absolute Gasteiger partial charge is 0.337 e. The zero-order chi connectivity index (χ0) is 19.7. The minimum absolute atomic E-state index is 0.0299. The van der Waals surface area contributed by atoms with Crippen LogP contribution in [0.5, 0.6) is 0 Å². The number of hydrogen-bond donors (Lipinski definition) is 2. The Bertz CT molecular complexity index is 1010. The van der Waals surface area contributed by atoms with Gasteiger partial charge in [0.1, 0.15) is 0 Å². The van der Waals surface area contributed by atoms with E-state index in [2.05, 4.69) is 21.6 Å². The fraction of sp³-hybridized carbons (Fsp3) is 0.318. The summed E-state index contributed by atoms with van der Waals surface area (Å²) in [6, 6.07) is 13.7. The third-order valence-corrected chi connectivity index (χ3v) is 5.32. The Morgan fingerprint density at radius 2 is 1.75 bits per heavy atom. The number of anilines is 1. The molecular formula is C22H24N4O2. The quantitative estimate of drug-likeness (QED) is 0.732. The number of carbonyl (C=O) groups excluding carboxylic acids is 2. The molecule has 4 rings (SSSR count). The second kappa shape index (κ2) is 7.46. The summed E-state index contributed by atoms with van der Waals surface area (Å²) in [5.41, 5.74) is 4.40. The highest BCUT2D eigenvalue weighted by Gasteiger charge is 2.29. The Morgan fingerprint density at radius 3 is 2.46 bits per heavy atom. The van der Waals surface area contributed by atoms with E-state index < -0.39 is 0 Å². The van der Waals surface area contributed by atoms with E-state index in [0.717, 1.165) is 27.7 Å². The Balaban J connectivity index is 1.38. The van der Waals surface area contributed by atoms with Gasteiger partial charge in [-0.25, -0.2) is 0 Å². The Labute approximate surface area is 163 Å². The van der Waals surface area contributed by atoms with Crippen LogP contribution in [0.1, 0.15) is 34.5 Å². The van der Waals surface area contributed by atoms with Gasteiger partial charge < -0.3 is 10.2 Å². The van der Waals surface area contributed by atoms with E-state index in [1.54, 1.807) is 4.90 Å². The van der Waals surface area contributed by atoms with E-state index >= 15 is 0 Å². The van der Waals surface area contributed by atoms with Gasteiger partial charge in [0.05, 0.1) is 5.52 Å². The first kappa shape index (κ1) is 18.2. The SMILES string of the molecule is Cc1cc(C)cc(NC(=O)C2CCN(C(=O)c3n[nH]c4ccccc34)CC2)c1. The standard InChI is InChI=1S/C22H24N4O2/c1-14-11-15(2)13-17(12-14)23-21(27)16-7-9-26(10-8-16)22(28)20-18-5-3-4-6-19(18)24-25-20/h3-6,11-13,16H,7-10H2,1-2H3,(H,23,27)(H,24,25). The normalized spacial score (nSPS) is 15.0. The van der Waals surface area contributed by atoms with Crippen LogP contribution in [0.3, 0.4) is 0 Å². The number of fused-ring (bicyclic) bond motifs is 1. The number of para-hydroxylation sites is 1. The van der Waals surface area contributed by atoms with Crippen molar-refractivity contribution < 1.29 is 9.59 Å². The number of amides is 2. The predicted molar refractivity (Wildman–Crippen MR) is 109 cm³/mol. The molecule has 1 aromatic heterocycles. The molecule has 1 aliphatic heterocycles. The highest BCUT2D eigenvalue weighted by atomic mass is 16.2. The second-order valence-corrected chi connectivity index (χ2v) is 7.55. The van der Waals surface area contributed by atoms with Gasteiger partial charge in [0, 0.05) is 30.1 Å². The van der Waals surface area contributed by atoms with Crippen molar-refractivity contribution in [3.05, 3.63) is 59.3 Å². The number of rotatable bonds is 3. The molecule has 3 aromatic rings. The maximum Gasteiger partial charge on any atom is 0.274 e. The van der Waals surface area contributed by atoms with Crippen LogP contribution in [0.2, 0.25) is 0 Å². The van der Waals surface area contributed by atoms with Crippen LogP contribution in [0.25, 0.3) is 10.9 Å². The van der Waals surface area contributed by atoms with Crippen molar-refractivity contribution in [2.75, 3.05) is 18.4 Å². The Kier molecular flexibility index (Phi) is 4.86. The van der Waals surface area contributed by atoms with Crippen molar-refractivity contribution in [3.8, 4) is 0 Å². The first-order chi connectivity index (χ1) is 13.5. The van der Waals surface area contributed by atoms with Gasteiger partial charge in [-0.3, -0.25) is 14.7 Å². The Hall–Kier alpha value is -3.15. The smallest absolute Gasteiger partial charge is 0.274 e. The van der Waals surface area contributed by atoms with E-state index in [1.165, 1.54) is 0 Å². The molecule has 6 heteroatoms. The molecule has 144 valence electrons. The summed E-state index contributed by atoms with van der Waals surface area (Å²) >= 11 is 0. The molecule has 0 spiro atoms. The molecule has 28 heavy (non-hydrogen) atoms. The van der Waals surface area contributed by atoms with Crippen LogP contribution >= 0.6 is 0 Å². The first-order valence-electron chi connectivity index (χ1n) is 9.63. The number of aromatic nitrogens is 2. The molecule has 6 nitrogen and oxygen atoms in total. The number of aromatic amines is 1. The van der Waals surface area contributed by atoms with E-state index in [-0.39, 0.29) is 17.7 Å². The van der Waals surface area contributed by atoms with Crippen molar-refractivity contribution in [2.45, 2.75) is 26.7 Å². The summed E-state index contributed by atoms with van der Waals surface area (Å²) in [4.78, 5) is 27.3. The number of H-pyrrole nitrogens is 1. The van der Waals surface area contributed by atoms with Crippen LogP contribution in [-0.2, 0) is 4.79 Å². The average Bonchev–Trinajstić information content (AvgIpc) is 3.11. The third-order valence-electron chi connectivity index (χ3n) is 5.32. The summed E-state index contributed by atoms with van der Waals surface area (Å²) in [5.74, 6) is -0.131. The van der Waals surface area contributed by atoms with E-state index in [0.29, 0.717) is 31.6 Å². The molecule has 0 radical (unpaired) electrons.